The normalized spacial score (nSPS) is 10.4. The number of rotatable bonds is 12. The van der Waals surface area contributed by atoms with Gasteiger partial charge in [0.2, 0.25) is 5.91 Å². The van der Waals surface area contributed by atoms with E-state index in [9.17, 15) is 22.8 Å². The van der Waals surface area contributed by atoms with Crippen molar-refractivity contribution in [2.45, 2.75) is 33.6 Å². The zero-order chi connectivity index (χ0) is 27.1. The molecule has 2 aromatic rings. The smallest absolute Gasteiger partial charge is 0.277 e. The molecule has 0 saturated carbocycles. The van der Waals surface area contributed by atoms with Crippen LogP contribution in [-0.4, -0.2) is 50.0 Å². The maximum atomic E-state index is 15.0. The van der Waals surface area contributed by atoms with Crippen LogP contribution in [0, 0.1) is 24.4 Å². The second-order valence-electron chi connectivity index (χ2n) is 6.97. The number of aliphatic hydroxyl groups excluding tert-OH is 1. The average Bonchev–Trinajstić information content (AvgIpc) is 2.87. The van der Waals surface area contributed by atoms with Crippen molar-refractivity contribution in [3.05, 3.63) is 58.4 Å². The lowest BCUT2D eigenvalue weighted by Gasteiger charge is -2.15. The van der Waals surface area contributed by atoms with Crippen molar-refractivity contribution in [1.82, 2.24) is 10.8 Å². The molecule has 0 unspecified atom stereocenters. The van der Waals surface area contributed by atoms with E-state index in [1.165, 1.54) is 19.2 Å². The summed E-state index contributed by atoms with van der Waals surface area (Å²) < 4.78 is 43.9. The zero-order valence-electron chi connectivity index (χ0n) is 20.6. The Morgan fingerprint density at radius 2 is 1.83 bits per heavy atom. The average molecular weight is 513 g/mol. The second-order valence-corrected chi connectivity index (χ2v) is 6.97. The summed E-state index contributed by atoms with van der Waals surface area (Å²) in [4.78, 5) is 33.4. The lowest BCUT2D eigenvalue weighted by molar-refractivity contribution is -0.120. The standard InChI is InChI=1S/C22H25F3N4O5.C2H6/c1-13-5-6-17(16(23)10-13)28-21-15(22(32)29-34-9-7-30)11-14(19(24)20(21)25)12-27-33-8-3-4-18(31)26-2;1-2/h5-6,10-12,28,30H,3-4,7-9H2,1-2H3,(H,26,31)(H,29,32);1-2H3/b27-12+;. The van der Waals surface area contributed by atoms with Crippen LogP contribution in [0.2, 0.25) is 0 Å². The quantitative estimate of drug-likeness (QED) is 0.195. The Labute approximate surface area is 207 Å². The first-order chi connectivity index (χ1) is 17.3. The minimum Gasteiger partial charge on any atom is -0.396 e. The molecule has 2 rings (SSSR count). The van der Waals surface area contributed by atoms with Gasteiger partial charge in [-0.1, -0.05) is 25.1 Å². The van der Waals surface area contributed by atoms with Gasteiger partial charge >= 0.3 is 0 Å². The molecule has 2 aromatic carbocycles. The molecule has 0 aliphatic carbocycles. The van der Waals surface area contributed by atoms with Gasteiger partial charge in [0.05, 0.1) is 36.4 Å². The first-order valence-electron chi connectivity index (χ1n) is 11.2. The van der Waals surface area contributed by atoms with Crippen molar-refractivity contribution < 1.29 is 37.5 Å². The maximum absolute atomic E-state index is 15.0. The molecule has 9 nitrogen and oxygen atoms in total. The number of hydrogen-bond donors (Lipinski definition) is 4. The van der Waals surface area contributed by atoms with Gasteiger partial charge in [-0.25, -0.2) is 18.7 Å². The fraction of sp³-hybridized carbons (Fsp3) is 0.375. The van der Waals surface area contributed by atoms with Crippen molar-refractivity contribution in [1.29, 1.82) is 0 Å². The number of nitrogens with one attached hydrogen (secondary N) is 3. The minimum atomic E-state index is -1.46. The highest BCUT2D eigenvalue weighted by Crippen LogP contribution is 2.30. The molecule has 0 atom stereocenters. The van der Waals surface area contributed by atoms with Crippen LogP contribution in [0.4, 0.5) is 24.5 Å². The Bertz CT molecular complexity index is 1050. The van der Waals surface area contributed by atoms with Gasteiger partial charge in [0.1, 0.15) is 12.4 Å². The Balaban J connectivity index is 0.00000316. The van der Waals surface area contributed by atoms with Gasteiger partial charge in [0.25, 0.3) is 5.91 Å². The highest BCUT2D eigenvalue weighted by molar-refractivity contribution is 6.01. The van der Waals surface area contributed by atoms with Crippen LogP contribution in [-0.2, 0) is 14.5 Å². The van der Waals surface area contributed by atoms with Crippen LogP contribution in [0.15, 0.2) is 29.4 Å². The number of aryl methyl sites for hydroxylation is 1. The minimum absolute atomic E-state index is 0.0443. The van der Waals surface area contributed by atoms with Crippen molar-refractivity contribution in [3.8, 4) is 0 Å². The highest BCUT2D eigenvalue weighted by atomic mass is 19.2. The summed E-state index contributed by atoms with van der Waals surface area (Å²) in [5.41, 5.74) is 0.933. The molecule has 2 amide bonds. The van der Waals surface area contributed by atoms with E-state index in [4.69, 9.17) is 14.8 Å². The third-order valence-corrected chi connectivity index (χ3v) is 4.41. The zero-order valence-corrected chi connectivity index (χ0v) is 20.6. The van der Waals surface area contributed by atoms with E-state index in [0.29, 0.717) is 12.0 Å². The predicted octanol–water partition coefficient (Wildman–Crippen LogP) is 3.71. The number of hydrogen-bond acceptors (Lipinski definition) is 7. The second kappa shape index (κ2) is 16.1. The molecule has 0 radical (unpaired) electrons. The van der Waals surface area contributed by atoms with E-state index < -0.39 is 46.8 Å². The van der Waals surface area contributed by atoms with Crippen LogP contribution in [0.3, 0.4) is 0 Å². The Morgan fingerprint density at radius 3 is 2.47 bits per heavy atom. The molecule has 4 N–H and O–H groups in total. The summed E-state index contributed by atoms with van der Waals surface area (Å²) in [5.74, 6) is -4.73. The number of halogens is 3. The number of anilines is 2. The topological polar surface area (TPSA) is 121 Å². The number of hydroxylamine groups is 1. The molecular weight excluding hydrogens is 481 g/mol. The molecule has 198 valence electrons. The third kappa shape index (κ3) is 9.19. The molecule has 0 bridgehead atoms. The Hall–Kier alpha value is -3.64. The van der Waals surface area contributed by atoms with Gasteiger partial charge < -0.3 is 20.6 Å². The van der Waals surface area contributed by atoms with Crippen LogP contribution < -0.4 is 16.1 Å². The number of aliphatic hydroxyl groups is 1. The van der Waals surface area contributed by atoms with Crippen molar-refractivity contribution in [3.63, 3.8) is 0 Å². The van der Waals surface area contributed by atoms with Gasteiger partial charge in [-0.3, -0.25) is 14.4 Å². The van der Waals surface area contributed by atoms with Gasteiger partial charge in [0.15, 0.2) is 11.6 Å². The molecule has 0 aliphatic rings. The van der Waals surface area contributed by atoms with Crippen molar-refractivity contribution in [2.75, 3.05) is 32.2 Å². The molecule has 0 spiro atoms. The fourth-order valence-corrected chi connectivity index (χ4v) is 2.68. The molecule has 0 aromatic heterocycles. The number of carbonyl (C=O) groups is 2. The predicted molar refractivity (Wildman–Crippen MR) is 129 cm³/mol. The van der Waals surface area contributed by atoms with Crippen LogP contribution in [0.5, 0.6) is 0 Å². The number of nitrogens with zero attached hydrogens (tertiary/aromatic N) is 1. The van der Waals surface area contributed by atoms with Crippen molar-refractivity contribution in [2.24, 2.45) is 5.16 Å². The SMILES string of the molecule is CC.CNC(=O)CCCO/N=C/c1cc(C(=O)NOCCO)c(Nc2ccc(C)cc2F)c(F)c1F. The van der Waals surface area contributed by atoms with Gasteiger partial charge in [0, 0.05) is 19.0 Å². The number of oxime groups is 1. The van der Waals surface area contributed by atoms with Crippen molar-refractivity contribution >= 4 is 29.4 Å². The van der Waals surface area contributed by atoms with E-state index in [1.807, 2.05) is 19.3 Å². The van der Waals surface area contributed by atoms with Gasteiger partial charge in [-0.15, -0.1) is 0 Å². The number of amides is 2. The van der Waals surface area contributed by atoms with E-state index >= 15 is 0 Å². The van der Waals surface area contributed by atoms with Gasteiger partial charge in [-0.05, 0) is 37.1 Å². The fourth-order valence-electron chi connectivity index (χ4n) is 2.68. The first-order valence-corrected chi connectivity index (χ1v) is 11.2. The largest absolute Gasteiger partial charge is 0.396 e. The molecule has 0 aliphatic heterocycles. The summed E-state index contributed by atoms with van der Waals surface area (Å²) in [6.07, 6.45) is 1.40. The van der Waals surface area contributed by atoms with E-state index in [-0.39, 0.29) is 31.2 Å². The number of carbonyl (C=O) groups excluding carboxylic acids is 2. The summed E-state index contributed by atoms with van der Waals surface area (Å²) in [6.45, 7) is 5.05. The monoisotopic (exact) mass is 512 g/mol. The summed E-state index contributed by atoms with van der Waals surface area (Å²) in [6, 6.07) is 5.02. The van der Waals surface area contributed by atoms with E-state index in [2.05, 4.69) is 15.8 Å². The first kappa shape index (κ1) is 30.4. The molecule has 0 saturated heterocycles. The highest BCUT2D eigenvalue weighted by Gasteiger charge is 2.23. The lowest BCUT2D eigenvalue weighted by atomic mass is 10.1. The number of benzene rings is 2. The summed E-state index contributed by atoms with van der Waals surface area (Å²) >= 11 is 0. The van der Waals surface area contributed by atoms with Crippen LogP contribution in [0.25, 0.3) is 0 Å². The Kier molecular flexibility index (Phi) is 13.6. The molecule has 12 heteroatoms. The van der Waals surface area contributed by atoms with E-state index in [1.54, 1.807) is 13.0 Å². The molecule has 0 fully saturated rings. The molecule has 0 heterocycles. The maximum Gasteiger partial charge on any atom is 0.277 e. The molecule has 36 heavy (non-hydrogen) atoms. The van der Waals surface area contributed by atoms with Crippen LogP contribution in [0.1, 0.15) is 48.2 Å². The summed E-state index contributed by atoms with van der Waals surface area (Å²) in [5, 5.41) is 17.2. The summed E-state index contributed by atoms with van der Waals surface area (Å²) in [7, 11) is 1.49. The Morgan fingerprint density at radius 1 is 1.11 bits per heavy atom. The van der Waals surface area contributed by atoms with Crippen LogP contribution >= 0.6 is 0 Å². The molecular formula is C24H31F3N4O5. The lowest BCUT2D eigenvalue weighted by Crippen LogP contribution is -2.26. The third-order valence-electron chi connectivity index (χ3n) is 4.41. The van der Waals surface area contributed by atoms with Gasteiger partial charge in [-0.2, -0.15) is 0 Å². The van der Waals surface area contributed by atoms with E-state index in [0.717, 1.165) is 12.3 Å².